The lowest BCUT2D eigenvalue weighted by molar-refractivity contribution is 0.338. The highest BCUT2D eigenvalue weighted by atomic mass is 14.9. The molecule has 0 aliphatic heterocycles. The predicted molar refractivity (Wildman–Crippen MR) is 77.6 cm³/mol. The van der Waals surface area contributed by atoms with Gasteiger partial charge in [-0.25, -0.2) is 0 Å². The number of rotatable bonds is 4. The van der Waals surface area contributed by atoms with Crippen molar-refractivity contribution in [1.82, 2.24) is 5.32 Å². The molecule has 1 saturated carbocycles. The molecule has 3 N–H and O–H groups in total. The van der Waals surface area contributed by atoms with E-state index >= 15 is 0 Å². The van der Waals surface area contributed by atoms with Crippen molar-refractivity contribution in [2.75, 3.05) is 0 Å². The van der Waals surface area contributed by atoms with Gasteiger partial charge in [0.25, 0.3) is 0 Å². The van der Waals surface area contributed by atoms with Crippen LogP contribution in [-0.4, -0.2) is 12.1 Å². The first-order valence-corrected chi connectivity index (χ1v) is 7.23. The second-order valence-electron chi connectivity index (χ2n) is 5.90. The van der Waals surface area contributed by atoms with E-state index in [1.165, 1.54) is 30.4 Å². The van der Waals surface area contributed by atoms with Crippen molar-refractivity contribution in [3.8, 4) is 0 Å². The first-order valence-electron chi connectivity index (χ1n) is 7.23. The zero-order chi connectivity index (χ0) is 13.0. The zero-order valence-electron chi connectivity index (χ0n) is 11.7. The Bertz CT molecular complexity index is 356. The molecule has 2 unspecified atom stereocenters. The summed E-state index contributed by atoms with van der Waals surface area (Å²) in [6.45, 7) is 5.43. The molecule has 0 heterocycles. The van der Waals surface area contributed by atoms with Gasteiger partial charge in [0.2, 0.25) is 0 Å². The van der Waals surface area contributed by atoms with Crippen molar-refractivity contribution < 1.29 is 0 Å². The SMILES string of the molecule is CC(C)c1ccc(CNC2CCCC(N)C2)cc1. The van der Waals surface area contributed by atoms with Crippen LogP contribution in [0.2, 0.25) is 0 Å². The molecule has 0 saturated heterocycles. The molecule has 2 nitrogen and oxygen atoms in total. The lowest BCUT2D eigenvalue weighted by Crippen LogP contribution is -2.39. The summed E-state index contributed by atoms with van der Waals surface area (Å²) in [4.78, 5) is 0. The van der Waals surface area contributed by atoms with Crippen molar-refractivity contribution in [3.05, 3.63) is 35.4 Å². The highest BCUT2D eigenvalue weighted by molar-refractivity contribution is 5.24. The summed E-state index contributed by atoms with van der Waals surface area (Å²) < 4.78 is 0. The maximum absolute atomic E-state index is 6.01. The smallest absolute Gasteiger partial charge is 0.0208 e. The molecular formula is C16H26N2. The minimum absolute atomic E-state index is 0.402. The first kappa shape index (κ1) is 13.6. The third-order valence-electron chi connectivity index (χ3n) is 3.96. The molecule has 1 aromatic carbocycles. The quantitative estimate of drug-likeness (QED) is 0.856. The fourth-order valence-electron chi connectivity index (χ4n) is 2.70. The maximum Gasteiger partial charge on any atom is 0.0208 e. The van der Waals surface area contributed by atoms with Gasteiger partial charge in [0, 0.05) is 18.6 Å². The lowest BCUT2D eigenvalue weighted by Gasteiger charge is -2.27. The van der Waals surface area contributed by atoms with Crippen LogP contribution >= 0.6 is 0 Å². The largest absolute Gasteiger partial charge is 0.328 e. The highest BCUT2D eigenvalue weighted by Crippen LogP contribution is 2.18. The van der Waals surface area contributed by atoms with Gasteiger partial charge >= 0.3 is 0 Å². The third kappa shape index (κ3) is 3.82. The summed E-state index contributed by atoms with van der Waals surface area (Å²) in [6.07, 6.45) is 4.87. The fourth-order valence-corrected chi connectivity index (χ4v) is 2.70. The molecule has 0 amide bonds. The van der Waals surface area contributed by atoms with Crippen molar-refractivity contribution in [2.45, 2.75) is 64.1 Å². The van der Waals surface area contributed by atoms with Crippen molar-refractivity contribution in [3.63, 3.8) is 0 Å². The molecule has 1 aromatic rings. The van der Waals surface area contributed by atoms with Crippen LogP contribution in [0, 0.1) is 0 Å². The van der Waals surface area contributed by atoms with Gasteiger partial charge in [0.05, 0.1) is 0 Å². The van der Waals surface area contributed by atoms with E-state index in [9.17, 15) is 0 Å². The van der Waals surface area contributed by atoms with Gasteiger partial charge in [-0.2, -0.15) is 0 Å². The van der Waals surface area contributed by atoms with E-state index in [-0.39, 0.29) is 0 Å². The molecular weight excluding hydrogens is 220 g/mol. The number of hydrogen-bond donors (Lipinski definition) is 2. The molecule has 100 valence electrons. The Morgan fingerprint density at radius 1 is 1.22 bits per heavy atom. The Morgan fingerprint density at radius 3 is 2.56 bits per heavy atom. The number of nitrogens with two attached hydrogens (primary N) is 1. The first-order chi connectivity index (χ1) is 8.65. The van der Waals surface area contributed by atoms with Crippen molar-refractivity contribution >= 4 is 0 Å². The Hall–Kier alpha value is -0.860. The van der Waals surface area contributed by atoms with E-state index in [1.807, 2.05) is 0 Å². The monoisotopic (exact) mass is 246 g/mol. The fraction of sp³-hybridized carbons (Fsp3) is 0.625. The molecule has 2 atom stereocenters. The summed E-state index contributed by atoms with van der Waals surface area (Å²) in [6, 6.07) is 9.98. The summed E-state index contributed by atoms with van der Waals surface area (Å²) in [7, 11) is 0. The van der Waals surface area contributed by atoms with Crippen LogP contribution in [0.15, 0.2) is 24.3 Å². The number of benzene rings is 1. The van der Waals surface area contributed by atoms with Crippen LogP contribution in [0.25, 0.3) is 0 Å². The van der Waals surface area contributed by atoms with Gasteiger partial charge in [-0.15, -0.1) is 0 Å². The Balaban J connectivity index is 1.82. The second-order valence-corrected chi connectivity index (χ2v) is 5.90. The Morgan fingerprint density at radius 2 is 1.94 bits per heavy atom. The molecule has 1 fully saturated rings. The maximum atomic E-state index is 6.01. The average Bonchev–Trinajstić information content (AvgIpc) is 2.37. The van der Waals surface area contributed by atoms with E-state index in [0.717, 1.165) is 13.0 Å². The molecule has 0 bridgehead atoms. The van der Waals surface area contributed by atoms with E-state index in [1.54, 1.807) is 0 Å². The average molecular weight is 246 g/mol. The third-order valence-corrected chi connectivity index (χ3v) is 3.96. The minimum Gasteiger partial charge on any atom is -0.328 e. The van der Waals surface area contributed by atoms with E-state index in [0.29, 0.717) is 18.0 Å². The molecule has 0 spiro atoms. The van der Waals surface area contributed by atoms with Crippen LogP contribution in [0.3, 0.4) is 0 Å². The van der Waals surface area contributed by atoms with Crippen LogP contribution in [-0.2, 0) is 6.54 Å². The lowest BCUT2D eigenvalue weighted by atomic mass is 9.91. The molecule has 2 rings (SSSR count). The van der Waals surface area contributed by atoms with Crippen molar-refractivity contribution in [1.29, 1.82) is 0 Å². The van der Waals surface area contributed by atoms with Gasteiger partial charge in [-0.1, -0.05) is 44.5 Å². The summed E-state index contributed by atoms with van der Waals surface area (Å²) in [5.74, 6) is 0.614. The van der Waals surface area contributed by atoms with Gasteiger partial charge in [-0.05, 0) is 36.3 Å². The van der Waals surface area contributed by atoms with Crippen LogP contribution < -0.4 is 11.1 Å². The normalized spacial score (nSPS) is 24.4. The van der Waals surface area contributed by atoms with Crippen LogP contribution in [0.4, 0.5) is 0 Å². The van der Waals surface area contributed by atoms with Gasteiger partial charge < -0.3 is 11.1 Å². The molecule has 18 heavy (non-hydrogen) atoms. The standard InChI is InChI=1S/C16H26N2/c1-12(2)14-8-6-13(7-9-14)11-18-16-5-3-4-15(17)10-16/h6-9,12,15-16,18H,3-5,10-11,17H2,1-2H3. The Labute approximate surface area is 111 Å². The van der Waals surface area contributed by atoms with Crippen molar-refractivity contribution in [2.24, 2.45) is 5.73 Å². The molecule has 0 aromatic heterocycles. The van der Waals surface area contributed by atoms with Gasteiger partial charge in [0.15, 0.2) is 0 Å². The topological polar surface area (TPSA) is 38.0 Å². The number of nitrogens with one attached hydrogen (secondary N) is 1. The molecule has 1 aliphatic rings. The number of hydrogen-bond acceptors (Lipinski definition) is 2. The van der Waals surface area contributed by atoms with E-state index in [4.69, 9.17) is 5.73 Å². The van der Waals surface area contributed by atoms with E-state index in [2.05, 4.69) is 43.4 Å². The predicted octanol–water partition coefficient (Wildman–Crippen LogP) is 3.17. The molecule has 1 aliphatic carbocycles. The van der Waals surface area contributed by atoms with Crippen LogP contribution in [0.5, 0.6) is 0 Å². The van der Waals surface area contributed by atoms with Gasteiger partial charge in [-0.3, -0.25) is 0 Å². The highest BCUT2D eigenvalue weighted by Gasteiger charge is 2.18. The summed E-state index contributed by atoms with van der Waals surface area (Å²) >= 11 is 0. The molecule has 0 radical (unpaired) electrons. The molecule has 2 heteroatoms. The van der Waals surface area contributed by atoms with Crippen LogP contribution in [0.1, 0.15) is 56.6 Å². The zero-order valence-corrected chi connectivity index (χ0v) is 11.7. The Kier molecular flexibility index (Phi) is 4.79. The second kappa shape index (κ2) is 6.35. The van der Waals surface area contributed by atoms with E-state index < -0.39 is 0 Å². The summed E-state index contributed by atoms with van der Waals surface area (Å²) in [5, 5.41) is 3.64. The summed E-state index contributed by atoms with van der Waals surface area (Å²) in [5.41, 5.74) is 8.80. The van der Waals surface area contributed by atoms with Gasteiger partial charge in [0.1, 0.15) is 0 Å². The minimum atomic E-state index is 0.402.